The van der Waals surface area contributed by atoms with Crippen molar-refractivity contribution in [1.29, 1.82) is 5.26 Å². The molecule has 0 unspecified atom stereocenters. The minimum absolute atomic E-state index is 0.130. The Labute approximate surface area is 163 Å². The molecule has 5 rings (SSSR count). The highest BCUT2D eigenvalue weighted by molar-refractivity contribution is 6.01. The van der Waals surface area contributed by atoms with Crippen LogP contribution in [0.25, 0.3) is 22.1 Å². The van der Waals surface area contributed by atoms with Crippen LogP contribution >= 0.6 is 0 Å². The van der Waals surface area contributed by atoms with Gasteiger partial charge in [-0.3, -0.25) is 4.79 Å². The third-order valence-electron chi connectivity index (χ3n) is 6.51. The van der Waals surface area contributed by atoms with E-state index in [1.807, 2.05) is 17.3 Å². The summed E-state index contributed by atoms with van der Waals surface area (Å²) in [5.74, 6) is 2.02. The number of likely N-dealkylation sites (tertiary alicyclic amines) is 1. The average molecular weight is 376 g/mol. The number of carbonyl (C=O) groups is 1. The van der Waals surface area contributed by atoms with Gasteiger partial charge >= 0.3 is 0 Å². The first-order valence-corrected chi connectivity index (χ1v) is 10.1. The van der Waals surface area contributed by atoms with Gasteiger partial charge in [-0.05, 0) is 37.7 Å². The van der Waals surface area contributed by atoms with E-state index >= 15 is 0 Å². The summed E-state index contributed by atoms with van der Waals surface area (Å²) in [7, 11) is 0. The monoisotopic (exact) mass is 376 g/mol. The lowest BCUT2D eigenvalue weighted by Gasteiger charge is -2.39. The molecule has 1 saturated heterocycles. The lowest BCUT2D eigenvalue weighted by molar-refractivity contribution is -0.133. The molecule has 0 aromatic carbocycles. The number of pyridine rings is 1. The van der Waals surface area contributed by atoms with Crippen molar-refractivity contribution in [3.8, 4) is 6.07 Å². The van der Waals surface area contributed by atoms with E-state index in [9.17, 15) is 4.79 Å². The Kier molecular flexibility index (Phi) is 4.08. The molecular weight excluding hydrogens is 352 g/mol. The van der Waals surface area contributed by atoms with Crippen molar-refractivity contribution in [2.24, 2.45) is 5.92 Å². The van der Waals surface area contributed by atoms with E-state index in [4.69, 9.17) is 10.2 Å². The Hall–Kier alpha value is -2.88. The second-order valence-corrected chi connectivity index (χ2v) is 8.23. The molecule has 1 N–H and O–H groups in total. The van der Waals surface area contributed by atoms with Gasteiger partial charge in [0, 0.05) is 44.1 Å². The van der Waals surface area contributed by atoms with Crippen LogP contribution in [0.5, 0.6) is 0 Å². The van der Waals surface area contributed by atoms with Crippen LogP contribution < -0.4 is 0 Å². The summed E-state index contributed by atoms with van der Waals surface area (Å²) in [5.41, 5.74) is 2.98. The highest BCUT2D eigenvalue weighted by Crippen LogP contribution is 2.40. The number of nitrogens with zero attached hydrogens (tertiary/aromatic N) is 5. The maximum absolute atomic E-state index is 11.7. The average Bonchev–Trinajstić information content (AvgIpc) is 3.25. The summed E-state index contributed by atoms with van der Waals surface area (Å²) in [4.78, 5) is 26.3. The molecule has 7 heteroatoms. The van der Waals surface area contributed by atoms with Gasteiger partial charge in [0.25, 0.3) is 0 Å². The molecular formula is C21H24N6O. The summed E-state index contributed by atoms with van der Waals surface area (Å²) >= 11 is 0. The van der Waals surface area contributed by atoms with Crippen LogP contribution in [0.15, 0.2) is 18.5 Å². The van der Waals surface area contributed by atoms with E-state index in [2.05, 4.69) is 26.7 Å². The summed E-state index contributed by atoms with van der Waals surface area (Å²) in [6.07, 6.45) is 8.76. The lowest BCUT2D eigenvalue weighted by atomic mass is 9.84. The fourth-order valence-corrected chi connectivity index (χ4v) is 4.90. The first-order valence-electron chi connectivity index (χ1n) is 10.1. The summed E-state index contributed by atoms with van der Waals surface area (Å²) in [6, 6.07) is 4.80. The van der Waals surface area contributed by atoms with E-state index < -0.39 is 0 Å². The van der Waals surface area contributed by atoms with E-state index in [-0.39, 0.29) is 11.8 Å². The standard InChI is InChI=1S/C21H24N6O/c1-13(28)26-11-15(12-26)21-25-18-10-24-20-17(7-9-23-20)19(18)27(21)16-4-2-14(3-5-16)6-8-22/h7,9-10,14-16H,2-6,11-12H2,1H3,(H,23,24)/t14-,16-. The molecule has 7 nitrogen and oxygen atoms in total. The number of H-pyrrole nitrogens is 1. The van der Waals surface area contributed by atoms with E-state index in [1.165, 1.54) is 0 Å². The number of rotatable bonds is 3. The molecule has 1 saturated carbocycles. The molecule has 0 atom stereocenters. The fourth-order valence-electron chi connectivity index (χ4n) is 4.90. The van der Waals surface area contributed by atoms with E-state index in [1.54, 1.807) is 6.92 Å². The van der Waals surface area contributed by atoms with Gasteiger partial charge in [0.1, 0.15) is 17.0 Å². The fraction of sp³-hybridized carbons (Fsp3) is 0.524. The highest BCUT2D eigenvalue weighted by atomic mass is 16.2. The third-order valence-corrected chi connectivity index (χ3v) is 6.51. The van der Waals surface area contributed by atoms with Gasteiger partial charge in [-0.1, -0.05) is 0 Å². The molecule has 0 radical (unpaired) electrons. The predicted octanol–water partition coefficient (Wildman–Crippen LogP) is 3.50. The first-order chi connectivity index (χ1) is 13.7. The van der Waals surface area contributed by atoms with Crippen LogP contribution in [0, 0.1) is 17.2 Å². The lowest BCUT2D eigenvalue weighted by Crippen LogP contribution is -2.48. The van der Waals surface area contributed by atoms with Crippen LogP contribution in [-0.2, 0) is 4.79 Å². The van der Waals surface area contributed by atoms with Gasteiger partial charge in [-0.25, -0.2) is 9.97 Å². The highest BCUT2D eigenvalue weighted by Gasteiger charge is 2.36. The summed E-state index contributed by atoms with van der Waals surface area (Å²) in [5, 5.41) is 10.1. The van der Waals surface area contributed by atoms with Crippen LogP contribution in [0.4, 0.5) is 0 Å². The molecule has 2 aliphatic rings. The quantitative estimate of drug-likeness (QED) is 0.757. The third kappa shape index (κ3) is 2.67. The van der Waals surface area contributed by atoms with Crippen molar-refractivity contribution in [2.45, 2.75) is 51.0 Å². The minimum Gasteiger partial charge on any atom is -0.346 e. The molecule has 28 heavy (non-hydrogen) atoms. The molecule has 1 aliphatic heterocycles. The number of amides is 1. The number of carbonyl (C=O) groups excluding carboxylic acids is 1. The Morgan fingerprint density at radius 2 is 2.11 bits per heavy atom. The Morgan fingerprint density at radius 3 is 2.82 bits per heavy atom. The molecule has 4 heterocycles. The SMILES string of the molecule is CC(=O)N1CC(c2nc3cnc4[nH]ccc4c3n2[C@H]2CC[C@H](CC#N)CC2)C1. The van der Waals surface area contributed by atoms with E-state index in [0.29, 0.717) is 18.4 Å². The van der Waals surface area contributed by atoms with Crippen molar-refractivity contribution < 1.29 is 4.79 Å². The van der Waals surface area contributed by atoms with Gasteiger partial charge in [0.05, 0.1) is 23.7 Å². The number of nitriles is 1. The Bertz CT molecular complexity index is 1080. The largest absolute Gasteiger partial charge is 0.346 e. The summed E-state index contributed by atoms with van der Waals surface area (Å²) in [6.45, 7) is 3.11. The van der Waals surface area contributed by atoms with Gasteiger partial charge < -0.3 is 14.5 Å². The summed E-state index contributed by atoms with van der Waals surface area (Å²) < 4.78 is 2.44. The van der Waals surface area contributed by atoms with Crippen molar-refractivity contribution >= 4 is 28.0 Å². The molecule has 3 aromatic heterocycles. The number of hydrogen-bond acceptors (Lipinski definition) is 4. The van der Waals surface area contributed by atoms with Crippen LogP contribution in [0.2, 0.25) is 0 Å². The molecule has 1 amide bonds. The van der Waals surface area contributed by atoms with Crippen molar-refractivity contribution in [3.05, 3.63) is 24.3 Å². The molecule has 2 fully saturated rings. The number of imidazole rings is 1. The normalized spacial score (nSPS) is 23.1. The number of aromatic amines is 1. The number of aromatic nitrogens is 4. The van der Waals surface area contributed by atoms with Crippen molar-refractivity contribution in [2.75, 3.05) is 13.1 Å². The molecule has 0 bridgehead atoms. The first kappa shape index (κ1) is 17.2. The molecule has 0 spiro atoms. The van der Waals surface area contributed by atoms with Crippen LogP contribution in [-0.4, -0.2) is 43.4 Å². The van der Waals surface area contributed by atoms with Crippen molar-refractivity contribution in [3.63, 3.8) is 0 Å². The van der Waals surface area contributed by atoms with E-state index in [0.717, 1.165) is 66.7 Å². The minimum atomic E-state index is 0.130. The number of nitrogens with one attached hydrogen (secondary N) is 1. The maximum atomic E-state index is 11.7. The number of fused-ring (bicyclic) bond motifs is 3. The number of hydrogen-bond donors (Lipinski definition) is 1. The van der Waals surface area contributed by atoms with Gasteiger partial charge in [-0.15, -0.1) is 0 Å². The van der Waals surface area contributed by atoms with Gasteiger partial charge in [0.2, 0.25) is 5.91 Å². The zero-order valence-electron chi connectivity index (χ0n) is 16.1. The Morgan fingerprint density at radius 1 is 1.32 bits per heavy atom. The van der Waals surface area contributed by atoms with Crippen molar-refractivity contribution in [1.82, 2.24) is 24.4 Å². The zero-order valence-corrected chi connectivity index (χ0v) is 16.1. The topological polar surface area (TPSA) is 90.6 Å². The van der Waals surface area contributed by atoms with Crippen LogP contribution in [0.3, 0.4) is 0 Å². The van der Waals surface area contributed by atoms with Gasteiger partial charge in [-0.2, -0.15) is 5.26 Å². The predicted molar refractivity (Wildman–Crippen MR) is 106 cm³/mol. The van der Waals surface area contributed by atoms with Gasteiger partial charge in [0.15, 0.2) is 0 Å². The zero-order chi connectivity index (χ0) is 19.3. The molecule has 1 aliphatic carbocycles. The Balaban J connectivity index is 1.57. The smallest absolute Gasteiger partial charge is 0.219 e. The molecule has 3 aromatic rings. The second kappa shape index (κ2) is 6.62. The molecule has 144 valence electrons. The maximum Gasteiger partial charge on any atom is 0.219 e. The second-order valence-electron chi connectivity index (χ2n) is 8.23. The van der Waals surface area contributed by atoms with Crippen LogP contribution in [0.1, 0.15) is 56.8 Å².